The Morgan fingerprint density at radius 3 is 2.62 bits per heavy atom. The van der Waals surface area contributed by atoms with E-state index < -0.39 is 0 Å². The lowest BCUT2D eigenvalue weighted by Crippen LogP contribution is -2.17. The number of carbonyl (C=O) groups is 1. The van der Waals surface area contributed by atoms with E-state index in [2.05, 4.69) is 22.7 Å². The Balaban J connectivity index is 1.54. The third-order valence-corrected chi connectivity index (χ3v) is 5.29. The van der Waals surface area contributed by atoms with Crippen LogP contribution in [-0.4, -0.2) is 21.9 Å². The van der Waals surface area contributed by atoms with Crippen molar-refractivity contribution in [3.8, 4) is 10.6 Å². The van der Waals surface area contributed by atoms with E-state index in [-0.39, 0.29) is 5.91 Å². The average Bonchev–Trinajstić information content (AvgIpc) is 3.39. The SMILES string of the molecule is Cc1ccc(C(=O)N/N=C\c2cn(Cc3ccccc3)nc2-c2cccs2)cc1. The first-order valence-corrected chi connectivity index (χ1v) is 10.1. The Labute approximate surface area is 173 Å². The van der Waals surface area contributed by atoms with E-state index in [4.69, 9.17) is 5.10 Å². The highest BCUT2D eigenvalue weighted by atomic mass is 32.1. The van der Waals surface area contributed by atoms with Crippen molar-refractivity contribution >= 4 is 23.5 Å². The number of benzene rings is 2. The van der Waals surface area contributed by atoms with Crippen molar-refractivity contribution in [2.75, 3.05) is 0 Å². The second-order valence-electron chi connectivity index (χ2n) is 6.66. The molecule has 0 bridgehead atoms. The molecule has 0 fully saturated rings. The van der Waals surface area contributed by atoms with Gasteiger partial charge in [0.2, 0.25) is 0 Å². The van der Waals surface area contributed by atoms with E-state index in [1.165, 1.54) is 5.56 Å². The van der Waals surface area contributed by atoms with Crippen molar-refractivity contribution < 1.29 is 4.79 Å². The highest BCUT2D eigenvalue weighted by Gasteiger charge is 2.11. The third-order valence-electron chi connectivity index (χ3n) is 4.42. The van der Waals surface area contributed by atoms with Crippen LogP contribution in [0.15, 0.2) is 83.4 Å². The van der Waals surface area contributed by atoms with Crippen molar-refractivity contribution in [3.63, 3.8) is 0 Å². The Hall–Kier alpha value is -3.51. The maximum atomic E-state index is 12.3. The normalized spacial score (nSPS) is 11.1. The maximum Gasteiger partial charge on any atom is 0.271 e. The molecule has 4 rings (SSSR count). The molecule has 4 aromatic rings. The molecule has 0 unspecified atom stereocenters. The van der Waals surface area contributed by atoms with Gasteiger partial charge in [0.1, 0.15) is 5.69 Å². The van der Waals surface area contributed by atoms with Gasteiger partial charge >= 0.3 is 0 Å². The number of hydrogen-bond acceptors (Lipinski definition) is 4. The van der Waals surface area contributed by atoms with Gasteiger partial charge in [-0.25, -0.2) is 5.43 Å². The van der Waals surface area contributed by atoms with E-state index >= 15 is 0 Å². The first-order valence-electron chi connectivity index (χ1n) is 9.24. The molecule has 2 aromatic carbocycles. The number of nitrogens with one attached hydrogen (secondary N) is 1. The molecule has 2 heterocycles. The Bertz CT molecular complexity index is 1110. The molecule has 144 valence electrons. The highest BCUT2D eigenvalue weighted by Crippen LogP contribution is 2.26. The number of hydrazone groups is 1. The molecule has 0 aliphatic heterocycles. The number of carbonyl (C=O) groups excluding carboxylic acids is 1. The monoisotopic (exact) mass is 400 g/mol. The molecule has 0 saturated heterocycles. The molecule has 0 spiro atoms. The van der Waals surface area contributed by atoms with E-state index in [0.717, 1.165) is 21.7 Å². The number of rotatable bonds is 6. The number of hydrogen-bond donors (Lipinski definition) is 1. The molecule has 0 aliphatic carbocycles. The summed E-state index contributed by atoms with van der Waals surface area (Å²) in [6.45, 7) is 2.65. The van der Waals surface area contributed by atoms with Gasteiger partial charge in [-0.1, -0.05) is 54.1 Å². The molecule has 2 aromatic heterocycles. The van der Waals surface area contributed by atoms with Crippen LogP contribution in [0.1, 0.15) is 27.0 Å². The minimum Gasteiger partial charge on any atom is -0.267 e. The van der Waals surface area contributed by atoms with Gasteiger partial charge < -0.3 is 0 Å². The van der Waals surface area contributed by atoms with Gasteiger partial charge in [-0.3, -0.25) is 9.48 Å². The van der Waals surface area contributed by atoms with E-state index in [0.29, 0.717) is 12.1 Å². The van der Waals surface area contributed by atoms with Gasteiger partial charge in [0.05, 0.1) is 17.6 Å². The molecule has 0 atom stereocenters. The number of aryl methyl sites for hydroxylation is 1. The average molecular weight is 401 g/mol. The van der Waals surface area contributed by atoms with Crippen molar-refractivity contribution in [3.05, 3.63) is 101 Å². The molecule has 6 heteroatoms. The first-order chi connectivity index (χ1) is 14.2. The van der Waals surface area contributed by atoms with Crippen molar-refractivity contribution in [2.24, 2.45) is 5.10 Å². The van der Waals surface area contributed by atoms with Crippen LogP contribution in [0.3, 0.4) is 0 Å². The van der Waals surface area contributed by atoms with Crippen molar-refractivity contribution in [1.29, 1.82) is 0 Å². The maximum absolute atomic E-state index is 12.3. The number of aromatic nitrogens is 2. The molecular weight excluding hydrogens is 380 g/mol. The first kappa shape index (κ1) is 18.8. The summed E-state index contributed by atoms with van der Waals surface area (Å²) in [7, 11) is 0. The standard InChI is InChI=1S/C23H20N4OS/c1-17-9-11-19(12-10-17)23(28)25-24-14-20-16-27(15-18-6-3-2-4-7-18)26-22(20)21-8-5-13-29-21/h2-14,16H,15H2,1H3,(H,25,28)/b24-14-. The molecule has 0 radical (unpaired) electrons. The van der Waals surface area contributed by atoms with Crippen LogP contribution in [0, 0.1) is 6.92 Å². The van der Waals surface area contributed by atoms with Crippen LogP contribution in [-0.2, 0) is 6.54 Å². The Kier molecular flexibility index (Phi) is 5.63. The van der Waals surface area contributed by atoms with Crippen LogP contribution in [0.4, 0.5) is 0 Å². The zero-order valence-electron chi connectivity index (χ0n) is 15.9. The van der Waals surface area contributed by atoms with Gasteiger partial charge in [0.25, 0.3) is 5.91 Å². The molecule has 0 saturated carbocycles. The molecule has 5 nitrogen and oxygen atoms in total. The quantitative estimate of drug-likeness (QED) is 0.376. The fourth-order valence-electron chi connectivity index (χ4n) is 2.92. The van der Waals surface area contributed by atoms with E-state index in [9.17, 15) is 4.79 Å². The topological polar surface area (TPSA) is 59.3 Å². The van der Waals surface area contributed by atoms with Crippen LogP contribution in [0.5, 0.6) is 0 Å². The zero-order valence-corrected chi connectivity index (χ0v) is 16.8. The summed E-state index contributed by atoms with van der Waals surface area (Å²) in [5.41, 5.74) is 7.15. The lowest BCUT2D eigenvalue weighted by atomic mass is 10.1. The molecule has 0 aliphatic rings. The smallest absolute Gasteiger partial charge is 0.267 e. The lowest BCUT2D eigenvalue weighted by molar-refractivity contribution is 0.0955. The highest BCUT2D eigenvalue weighted by molar-refractivity contribution is 7.13. The largest absolute Gasteiger partial charge is 0.271 e. The molecule has 1 amide bonds. The second kappa shape index (κ2) is 8.67. The minimum atomic E-state index is -0.240. The van der Waals surface area contributed by atoms with Crippen LogP contribution in [0.2, 0.25) is 0 Å². The van der Waals surface area contributed by atoms with E-state index in [1.807, 2.05) is 65.6 Å². The van der Waals surface area contributed by atoms with Crippen LogP contribution >= 0.6 is 11.3 Å². The fourth-order valence-corrected chi connectivity index (χ4v) is 3.65. The van der Waals surface area contributed by atoms with E-state index in [1.54, 1.807) is 29.7 Å². The Morgan fingerprint density at radius 1 is 1.10 bits per heavy atom. The summed E-state index contributed by atoms with van der Waals surface area (Å²) in [5.74, 6) is -0.240. The summed E-state index contributed by atoms with van der Waals surface area (Å²) in [6, 6.07) is 21.6. The fraction of sp³-hybridized carbons (Fsp3) is 0.0870. The predicted molar refractivity (Wildman–Crippen MR) is 117 cm³/mol. The number of amides is 1. The van der Waals surface area contributed by atoms with Crippen LogP contribution < -0.4 is 5.43 Å². The minimum absolute atomic E-state index is 0.240. The number of nitrogens with zero attached hydrogens (tertiary/aromatic N) is 3. The zero-order chi connectivity index (χ0) is 20.1. The van der Waals surface area contributed by atoms with Gasteiger partial charge in [-0.05, 0) is 36.1 Å². The predicted octanol–water partition coefficient (Wildman–Crippen LogP) is 4.73. The summed E-state index contributed by atoms with van der Waals surface area (Å²) < 4.78 is 1.90. The van der Waals surface area contributed by atoms with Gasteiger partial charge in [0.15, 0.2) is 0 Å². The van der Waals surface area contributed by atoms with Gasteiger partial charge in [-0.15, -0.1) is 11.3 Å². The lowest BCUT2D eigenvalue weighted by Gasteiger charge is -2.00. The Morgan fingerprint density at radius 2 is 1.90 bits per heavy atom. The third kappa shape index (κ3) is 4.67. The van der Waals surface area contributed by atoms with Crippen molar-refractivity contribution in [1.82, 2.24) is 15.2 Å². The second-order valence-corrected chi connectivity index (χ2v) is 7.61. The summed E-state index contributed by atoms with van der Waals surface area (Å²) >= 11 is 1.62. The molecular formula is C23H20N4OS. The molecule has 29 heavy (non-hydrogen) atoms. The van der Waals surface area contributed by atoms with Gasteiger partial charge in [-0.2, -0.15) is 10.2 Å². The summed E-state index contributed by atoms with van der Waals surface area (Å²) in [4.78, 5) is 13.3. The summed E-state index contributed by atoms with van der Waals surface area (Å²) in [5, 5.41) is 10.9. The van der Waals surface area contributed by atoms with Gasteiger partial charge in [0, 0.05) is 17.3 Å². The molecule has 1 N–H and O–H groups in total. The number of thiophene rings is 1. The van der Waals surface area contributed by atoms with Crippen LogP contribution in [0.25, 0.3) is 10.6 Å². The van der Waals surface area contributed by atoms with Crippen molar-refractivity contribution in [2.45, 2.75) is 13.5 Å². The summed E-state index contributed by atoms with van der Waals surface area (Å²) in [6.07, 6.45) is 3.60.